The van der Waals surface area contributed by atoms with Crippen molar-refractivity contribution in [3.8, 4) is 0 Å². The molecule has 0 aliphatic heterocycles. The number of rotatable bonds is 22. The van der Waals surface area contributed by atoms with Gasteiger partial charge >= 0.3 is 0 Å². The van der Waals surface area contributed by atoms with E-state index in [2.05, 4.69) is 72.7 Å². The first-order valence-electron chi connectivity index (χ1n) is 17.3. The fourth-order valence-electron chi connectivity index (χ4n) is 6.07. The number of aryl methyl sites for hydroxylation is 2. The zero-order valence-corrected chi connectivity index (χ0v) is 29.6. The summed E-state index contributed by atoms with van der Waals surface area (Å²) in [6.07, 6.45) is 23.3. The first-order chi connectivity index (χ1) is 19.5. The molecule has 0 aliphatic rings. The van der Waals surface area contributed by atoms with Crippen LogP contribution in [0.3, 0.4) is 0 Å². The molecule has 0 radical (unpaired) electrons. The molecule has 2 atom stereocenters. The molecule has 0 saturated heterocycles. The molecular formula is C38H64P2. The molecule has 0 aliphatic carbocycles. The van der Waals surface area contributed by atoms with E-state index in [4.69, 9.17) is 0 Å². The molecule has 2 unspecified atom stereocenters. The van der Waals surface area contributed by atoms with Crippen LogP contribution in [0.5, 0.6) is 0 Å². The van der Waals surface area contributed by atoms with Crippen LogP contribution in [0.2, 0.25) is 0 Å². The fraction of sp³-hybridized carbons (Fsp3) is 0.684. The third kappa shape index (κ3) is 11.5. The Hall–Kier alpha value is -0.700. The summed E-state index contributed by atoms with van der Waals surface area (Å²) in [5.41, 5.74) is 10.3. The quantitative estimate of drug-likeness (QED) is 0.121. The highest BCUT2D eigenvalue weighted by Crippen LogP contribution is 2.37. The summed E-state index contributed by atoms with van der Waals surface area (Å²) in [6, 6.07) is 10.2. The zero-order chi connectivity index (χ0) is 29.2. The van der Waals surface area contributed by atoms with Crippen molar-refractivity contribution in [2.24, 2.45) is 0 Å². The van der Waals surface area contributed by atoms with Crippen molar-refractivity contribution in [2.75, 3.05) is 0 Å². The van der Waals surface area contributed by atoms with Crippen molar-refractivity contribution in [1.29, 1.82) is 0 Å². The summed E-state index contributed by atoms with van der Waals surface area (Å²) in [5, 5.41) is 4.11. The Bertz CT molecular complexity index is 883. The minimum atomic E-state index is 0.724. The van der Waals surface area contributed by atoms with Crippen LogP contribution in [0.1, 0.15) is 159 Å². The van der Waals surface area contributed by atoms with Crippen molar-refractivity contribution >= 4 is 27.8 Å². The Labute approximate surface area is 254 Å². The maximum absolute atomic E-state index is 2.56. The highest BCUT2D eigenvalue weighted by atomic mass is 31.1. The minimum Gasteiger partial charge on any atom is -0.0827 e. The molecule has 2 rings (SSSR count). The molecule has 0 saturated carbocycles. The van der Waals surface area contributed by atoms with E-state index in [1.54, 1.807) is 44.0 Å². The summed E-state index contributed by atoms with van der Waals surface area (Å²) in [5.74, 6) is 0. The van der Waals surface area contributed by atoms with Gasteiger partial charge in [0.05, 0.1) is 0 Å². The van der Waals surface area contributed by atoms with E-state index in [0.29, 0.717) is 0 Å². The van der Waals surface area contributed by atoms with Gasteiger partial charge in [-0.1, -0.05) is 128 Å². The highest BCUT2D eigenvalue weighted by molar-refractivity contribution is 7.65. The number of unbranched alkanes of at least 4 members (excludes halogenated alkanes) is 6. The molecule has 2 heteroatoms. The SMILES string of the molecule is CCCCc1ccc(PC(C)Pc2ccc(CCCC)c(CCCC)c2CCCC)c(CCCC)c1CCCC. The predicted molar refractivity (Wildman–Crippen MR) is 190 cm³/mol. The van der Waals surface area contributed by atoms with Gasteiger partial charge in [-0.05, 0) is 126 Å². The summed E-state index contributed by atoms with van der Waals surface area (Å²) in [4.78, 5) is 0. The van der Waals surface area contributed by atoms with E-state index in [-0.39, 0.29) is 0 Å². The van der Waals surface area contributed by atoms with Crippen LogP contribution >= 0.6 is 17.2 Å². The lowest BCUT2D eigenvalue weighted by atomic mass is 9.91. The van der Waals surface area contributed by atoms with Crippen molar-refractivity contribution in [3.63, 3.8) is 0 Å². The third-order valence-corrected chi connectivity index (χ3v) is 11.8. The topological polar surface area (TPSA) is 0 Å². The van der Waals surface area contributed by atoms with E-state index in [9.17, 15) is 0 Å². The normalized spacial score (nSPS) is 12.9. The lowest BCUT2D eigenvalue weighted by Crippen LogP contribution is -2.16. The van der Waals surface area contributed by atoms with Crippen LogP contribution in [-0.4, -0.2) is 5.40 Å². The molecule has 0 aromatic heterocycles. The second-order valence-electron chi connectivity index (χ2n) is 12.1. The van der Waals surface area contributed by atoms with Gasteiger partial charge in [0.25, 0.3) is 0 Å². The summed E-state index contributed by atoms with van der Waals surface area (Å²) >= 11 is 0. The van der Waals surface area contributed by atoms with E-state index >= 15 is 0 Å². The Kier molecular flexibility index (Phi) is 18.7. The standard InChI is InChI=1S/C38H64P2/c1-8-14-20-31-26-28-37(35(24-18-12-5)33(31)22-16-10-3)39-30(7)40-38-29-27-32(21-15-9-2)34(23-17-11-4)36(38)25-19-13-6/h26-30,39-40H,8-25H2,1-7H3. The van der Waals surface area contributed by atoms with Gasteiger partial charge in [-0.2, -0.15) is 0 Å². The number of hydrogen-bond donors (Lipinski definition) is 0. The van der Waals surface area contributed by atoms with E-state index in [1.165, 1.54) is 116 Å². The van der Waals surface area contributed by atoms with Crippen LogP contribution in [0.25, 0.3) is 0 Å². The second-order valence-corrected chi connectivity index (χ2v) is 16.1. The Morgan fingerprint density at radius 2 is 0.725 bits per heavy atom. The molecule has 0 spiro atoms. The van der Waals surface area contributed by atoms with Gasteiger partial charge in [0.1, 0.15) is 0 Å². The van der Waals surface area contributed by atoms with Crippen molar-refractivity contribution < 1.29 is 0 Å². The average Bonchev–Trinajstić information content (AvgIpc) is 2.96. The molecule has 2 aromatic rings. The van der Waals surface area contributed by atoms with Gasteiger partial charge in [-0.15, -0.1) is 0 Å². The maximum Gasteiger partial charge on any atom is -0.000828 e. The third-order valence-electron chi connectivity index (χ3n) is 8.52. The molecule has 226 valence electrons. The van der Waals surface area contributed by atoms with E-state index in [0.717, 1.165) is 22.6 Å². The van der Waals surface area contributed by atoms with Gasteiger partial charge < -0.3 is 0 Å². The fourth-order valence-corrected chi connectivity index (χ4v) is 9.48. The monoisotopic (exact) mass is 582 g/mol. The predicted octanol–water partition coefficient (Wildman–Crippen LogP) is 11.4. The second kappa shape index (κ2) is 21.1. The van der Waals surface area contributed by atoms with Gasteiger partial charge in [-0.25, -0.2) is 0 Å². The minimum absolute atomic E-state index is 0.724. The van der Waals surface area contributed by atoms with E-state index < -0.39 is 0 Å². The first-order valence-corrected chi connectivity index (χ1v) is 19.5. The zero-order valence-electron chi connectivity index (χ0n) is 27.6. The van der Waals surface area contributed by atoms with Crippen molar-refractivity contribution in [3.05, 3.63) is 57.6 Å². The van der Waals surface area contributed by atoms with Crippen LogP contribution in [0, 0.1) is 0 Å². The summed E-state index contributed by atoms with van der Waals surface area (Å²) < 4.78 is 0. The van der Waals surface area contributed by atoms with Crippen LogP contribution in [0.15, 0.2) is 24.3 Å². The number of hydrogen-bond acceptors (Lipinski definition) is 0. The molecule has 40 heavy (non-hydrogen) atoms. The van der Waals surface area contributed by atoms with Gasteiger partial charge in [-0.3, -0.25) is 0 Å². The largest absolute Gasteiger partial charge is 0.0827 e. The Balaban J connectivity index is 2.41. The molecule has 0 fully saturated rings. The van der Waals surface area contributed by atoms with Gasteiger partial charge in [0.2, 0.25) is 0 Å². The maximum atomic E-state index is 2.56. The molecule has 0 bridgehead atoms. The molecular weight excluding hydrogens is 518 g/mol. The number of benzene rings is 2. The summed E-state index contributed by atoms with van der Waals surface area (Å²) in [7, 11) is 1.84. The van der Waals surface area contributed by atoms with Crippen LogP contribution in [-0.2, 0) is 38.5 Å². The van der Waals surface area contributed by atoms with Crippen molar-refractivity contribution in [2.45, 2.75) is 169 Å². The molecule has 0 heterocycles. The van der Waals surface area contributed by atoms with E-state index in [1.807, 2.05) is 0 Å². The average molecular weight is 583 g/mol. The van der Waals surface area contributed by atoms with Crippen LogP contribution < -0.4 is 10.6 Å². The highest BCUT2D eigenvalue weighted by Gasteiger charge is 2.18. The molecule has 0 N–H and O–H groups in total. The van der Waals surface area contributed by atoms with Gasteiger partial charge in [0.15, 0.2) is 0 Å². The molecule has 0 nitrogen and oxygen atoms in total. The van der Waals surface area contributed by atoms with Crippen molar-refractivity contribution in [1.82, 2.24) is 0 Å². The van der Waals surface area contributed by atoms with Crippen LogP contribution in [0.4, 0.5) is 0 Å². The first kappa shape index (κ1) is 35.5. The smallest absolute Gasteiger partial charge is 0.000828 e. The Morgan fingerprint density at radius 3 is 1.05 bits per heavy atom. The molecule has 2 aromatic carbocycles. The Morgan fingerprint density at radius 1 is 0.425 bits per heavy atom. The molecule has 0 amide bonds. The lowest BCUT2D eigenvalue weighted by Gasteiger charge is -2.24. The summed E-state index contributed by atoms with van der Waals surface area (Å²) in [6.45, 7) is 16.6. The lowest BCUT2D eigenvalue weighted by molar-refractivity contribution is 0.737. The van der Waals surface area contributed by atoms with Gasteiger partial charge in [0, 0.05) is 0 Å².